The molecule has 3 rings (SSSR count). The highest BCUT2D eigenvalue weighted by Gasteiger charge is 2.26. The number of carbonyl (C=O) groups excluding carboxylic acids is 1. The van der Waals surface area contributed by atoms with Gasteiger partial charge in [0.25, 0.3) is 0 Å². The second-order valence-electron chi connectivity index (χ2n) is 5.94. The molecule has 0 saturated heterocycles. The number of hydrogen-bond acceptors (Lipinski definition) is 3. The standard InChI is InChI=1S/C17H23N3O2/c1-3-22-17(21)14-11(2)19-20-16(14)15-13(9-10-18-15)12-7-5-4-6-8-12/h9-10,12,18H,3-8H2,1-2H3,(H,19,20). The molecule has 0 aromatic carbocycles. The van der Waals surface area contributed by atoms with E-state index in [2.05, 4.69) is 21.2 Å². The summed E-state index contributed by atoms with van der Waals surface area (Å²) in [5.41, 5.74) is 4.21. The number of ether oxygens (including phenoxy) is 1. The van der Waals surface area contributed by atoms with Crippen LogP contribution in [0, 0.1) is 6.92 Å². The van der Waals surface area contributed by atoms with Crippen molar-refractivity contribution in [1.82, 2.24) is 15.2 Å². The number of aromatic amines is 2. The molecular weight excluding hydrogens is 278 g/mol. The monoisotopic (exact) mass is 301 g/mol. The average molecular weight is 301 g/mol. The number of nitrogens with zero attached hydrogens (tertiary/aromatic N) is 1. The third-order valence-corrected chi connectivity index (χ3v) is 4.49. The number of rotatable bonds is 4. The van der Waals surface area contributed by atoms with E-state index >= 15 is 0 Å². The van der Waals surface area contributed by atoms with E-state index in [4.69, 9.17) is 4.74 Å². The Morgan fingerprint density at radius 2 is 2.14 bits per heavy atom. The predicted molar refractivity (Wildman–Crippen MR) is 84.9 cm³/mol. The van der Waals surface area contributed by atoms with Crippen LogP contribution in [0.1, 0.15) is 66.6 Å². The Hall–Kier alpha value is -2.04. The lowest BCUT2D eigenvalue weighted by Gasteiger charge is -2.22. The maximum atomic E-state index is 12.2. The lowest BCUT2D eigenvalue weighted by molar-refractivity contribution is 0.0526. The molecule has 0 amide bonds. The van der Waals surface area contributed by atoms with Crippen molar-refractivity contribution in [2.75, 3.05) is 6.61 Å². The second kappa shape index (κ2) is 6.38. The van der Waals surface area contributed by atoms with Gasteiger partial charge in [-0.05, 0) is 44.2 Å². The molecule has 2 heterocycles. The van der Waals surface area contributed by atoms with Gasteiger partial charge in [0, 0.05) is 11.9 Å². The average Bonchev–Trinajstić information content (AvgIpc) is 3.14. The lowest BCUT2D eigenvalue weighted by Crippen LogP contribution is -2.09. The van der Waals surface area contributed by atoms with Gasteiger partial charge in [0.1, 0.15) is 11.3 Å². The Bertz CT molecular complexity index is 651. The van der Waals surface area contributed by atoms with Crippen LogP contribution in [-0.4, -0.2) is 27.8 Å². The Morgan fingerprint density at radius 3 is 2.86 bits per heavy atom. The number of H-pyrrole nitrogens is 2. The van der Waals surface area contributed by atoms with E-state index in [-0.39, 0.29) is 5.97 Å². The molecule has 0 aliphatic heterocycles. The maximum Gasteiger partial charge on any atom is 0.342 e. The summed E-state index contributed by atoms with van der Waals surface area (Å²) in [6.45, 7) is 4.03. The first-order valence-corrected chi connectivity index (χ1v) is 8.12. The molecule has 1 aliphatic rings. The van der Waals surface area contributed by atoms with E-state index in [0.29, 0.717) is 23.8 Å². The van der Waals surface area contributed by atoms with Crippen LogP contribution in [0.3, 0.4) is 0 Å². The minimum atomic E-state index is -0.312. The van der Waals surface area contributed by atoms with Crippen molar-refractivity contribution in [1.29, 1.82) is 0 Å². The highest BCUT2D eigenvalue weighted by atomic mass is 16.5. The normalized spacial score (nSPS) is 15.9. The molecule has 1 fully saturated rings. The molecule has 0 radical (unpaired) electrons. The molecule has 22 heavy (non-hydrogen) atoms. The number of nitrogens with one attached hydrogen (secondary N) is 2. The van der Waals surface area contributed by atoms with Gasteiger partial charge in [-0.25, -0.2) is 4.79 Å². The van der Waals surface area contributed by atoms with Gasteiger partial charge >= 0.3 is 5.97 Å². The van der Waals surface area contributed by atoms with Crippen LogP contribution >= 0.6 is 0 Å². The third-order valence-electron chi connectivity index (χ3n) is 4.49. The van der Waals surface area contributed by atoms with Crippen molar-refractivity contribution in [3.8, 4) is 11.4 Å². The summed E-state index contributed by atoms with van der Waals surface area (Å²) >= 11 is 0. The van der Waals surface area contributed by atoms with Gasteiger partial charge < -0.3 is 9.72 Å². The van der Waals surface area contributed by atoms with Crippen LogP contribution in [-0.2, 0) is 4.74 Å². The van der Waals surface area contributed by atoms with Gasteiger partial charge in [0.2, 0.25) is 0 Å². The molecule has 118 valence electrons. The van der Waals surface area contributed by atoms with Gasteiger partial charge in [-0.15, -0.1) is 0 Å². The summed E-state index contributed by atoms with van der Waals surface area (Å²) in [7, 11) is 0. The zero-order valence-electron chi connectivity index (χ0n) is 13.2. The topological polar surface area (TPSA) is 70.8 Å². The van der Waals surface area contributed by atoms with Crippen molar-refractivity contribution in [2.24, 2.45) is 0 Å². The highest BCUT2D eigenvalue weighted by Crippen LogP contribution is 2.38. The number of esters is 1. The molecule has 2 N–H and O–H groups in total. The van der Waals surface area contributed by atoms with Gasteiger partial charge in [0.05, 0.1) is 12.3 Å². The molecule has 1 saturated carbocycles. The third kappa shape index (κ3) is 2.67. The molecule has 0 unspecified atom stereocenters. The van der Waals surface area contributed by atoms with E-state index in [1.807, 2.05) is 20.0 Å². The Morgan fingerprint density at radius 1 is 1.36 bits per heavy atom. The lowest BCUT2D eigenvalue weighted by atomic mass is 9.83. The van der Waals surface area contributed by atoms with E-state index in [1.165, 1.54) is 37.7 Å². The highest BCUT2D eigenvalue weighted by molar-refractivity contribution is 5.97. The largest absolute Gasteiger partial charge is 0.462 e. The Labute approximate surface area is 130 Å². The van der Waals surface area contributed by atoms with Crippen LogP contribution < -0.4 is 0 Å². The minimum absolute atomic E-state index is 0.312. The fourth-order valence-electron chi connectivity index (χ4n) is 3.40. The Balaban J connectivity index is 1.98. The van der Waals surface area contributed by atoms with Gasteiger partial charge in [0.15, 0.2) is 0 Å². The Kier molecular flexibility index (Phi) is 4.32. The second-order valence-corrected chi connectivity index (χ2v) is 5.94. The SMILES string of the molecule is CCOC(=O)c1c(-c2[nH]ccc2C2CCCCC2)n[nH]c1C. The summed E-state index contributed by atoms with van der Waals surface area (Å²) in [5.74, 6) is 0.245. The molecule has 1 aliphatic carbocycles. The van der Waals surface area contributed by atoms with Crippen molar-refractivity contribution in [3.05, 3.63) is 29.1 Å². The first-order valence-electron chi connectivity index (χ1n) is 8.12. The smallest absolute Gasteiger partial charge is 0.342 e. The summed E-state index contributed by atoms with van der Waals surface area (Å²) in [5, 5.41) is 7.28. The van der Waals surface area contributed by atoms with Crippen LogP contribution in [0.25, 0.3) is 11.4 Å². The van der Waals surface area contributed by atoms with Crippen molar-refractivity contribution in [3.63, 3.8) is 0 Å². The molecule has 0 atom stereocenters. The minimum Gasteiger partial charge on any atom is -0.462 e. The molecule has 2 aromatic heterocycles. The van der Waals surface area contributed by atoms with Gasteiger partial charge in [-0.1, -0.05) is 19.3 Å². The molecule has 5 nitrogen and oxygen atoms in total. The summed E-state index contributed by atoms with van der Waals surface area (Å²) < 4.78 is 5.18. The fraction of sp³-hybridized carbons (Fsp3) is 0.529. The summed E-state index contributed by atoms with van der Waals surface area (Å²) in [4.78, 5) is 15.5. The van der Waals surface area contributed by atoms with Crippen LogP contribution in [0.15, 0.2) is 12.3 Å². The van der Waals surface area contributed by atoms with Gasteiger partial charge in [-0.2, -0.15) is 5.10 Å². The van der Waals surface area contributed by atoms with E-state index in [1.54, 1.807) is 0 Å². The molecule has 5 heteroatoms. The van der Waals surface area contributed by atoms with E-state index in [0.717, 1.165) is 11.4 Å². The van der Waals surface area contributed by atoms with Crippen LogP contribution in [0.2, 0.25) is 0 Å². The van der Waals surface area contributed by atoms with E-state index in [9.17, 15) is 4.79 Å². The number of aromatic nitrogens is 3. The van der Waals surface area contributed by atoms with Crippen LogP contribution in [0.4, 0.5) is 0 Å². The zero-order chi connectivity index (χ0) is 15.5. The van der Waals surface area contributed by atoms with Crippen LogP contribution in [0.5, 0.6) is 0 Å². The molecular formula is C17H23N3O2. The van der Waals surface area contributed by atoms with E-state index < -0.39 is 0 Å². The first kappa shape index (κ1) is 14.9. The quantitative estimate of drug-likeness (QED) is 0.840. The van der Waals surface area contributed by atoms with Crippen molar-refractivity contribution >= 4 is 5.97 Å². The number of aryl methyl sites for hydroxylation is 1. The summed E-state index contributed by atoms with van der Waals surface area (Å²) in [6, 6.07) is 2.13. The zero-order valence-corrected chi connectivity index (χ0v) is 13.2. The fourth-order valence-corrected chi connectivity index (χ4v) is 3.40. The maximum absolute atomic E-state index is 12.2. The number of carbonyl (C=O) groups is 1. The first-order chi connectivity index (χ1) is 10.7. The predicted octanol–water partition coefficient (Wildman–Crippen LogP) is 3.94. The van der Waals surface area contributed by atoms with Gasteiger partial charge in [-0.3, -0.25) is 5.10 Å². The number of hydrogen-bond donors (Lipinski definition) is 2. The van der Waals surface area contributed by atoms with Crippen molar-refractivity contribution in [2.45, 2.75) is 51.9 Å². The molecule has 0 spiro atoms. The van der Waals surface area contributed by atoms with Crippen molar-refractivity contribution < 1.29 is 9.53 Å². The molecule has 2 aromatic rings. The summed E-state index contributed by atoms with van der Waals surface area (Å²) in [6.07, 6.45) is 8.25. The molecule has 0 bridgehead atoms.